The summed E-state index contributed by atoms with van der Waals surface area (Å²) in [5.74, 6) is 1.39. The van der Waals surface area contributed by atoms with Gasteiger partial charge < -0.3 is 14.5 Å². The number of benzene rings is 2. The van der Waals surface area contributed by atoms with E-state index in [4.69, 9.17) is 16.3 Å². The van der Waals surface area contributed by atoms with Crippen LogP contribution >= 0.6 is 11.6 Å². The molecule has 1 saturated heterocycles. The van der Waals surface area contributed by atoms with Crippen molar-refractivity contribution in [2.45, 2.75) is 19.4 Å². The Morgan fingerprint density at radius 3 is 2.68 bits per heavy atom. The quantitative estimate of drug-likeness (QED) is 0.590. The Balaban J connectivity index is 1.40. The summed E-state index contributed by atoms with van der Waals surface area (Å²) in [5, 5.41) is 0.504. The van der Waals surface area contributed by atoms with Gasteiger partial charge in [0.05, 0.1) is 11.4 Å². The molecular formula is C23H22ClFN4O2. The van der Waals surface area contributed by atoms with Crippen LogP contribution in [0.15, 0.2) is 60.9 Å². The van der Waals surface area contributed by atoms with Crippen molar-refractivity contribution in [1.82, 2.24) is 14.9 Å². The molecule has 160 valence electrons. The van der Waals surface area contributed by atoms with Gasteiger partial charge in [-0.15, -0.1) is 0 Å². The summed E-state index contributed by atoms with van der Waals surface area (Å²) in [6, 6.07) is 15.0. The highest BCUT2D eigenvalue weighted by Crippen LogP contribution is 2.29. The van der Waals surface area contributed by atoms with E-state index in [0.29, 0.717) is 36.3 Å². The van der Waals surface area contributed by atoms with Crippen LogP contribution in [0.2, 0.25) is 5.02 Å². The molecule has 0 bridgehead atoms. The van der Waals surface area contributed by atoms with Crippen LogP contribution in [0.3, 0.4) is 0 Å². The minimum atomic E-state index is -0.305. The summed E-state index contributed by atoms with van der Waals surface area (Å²) in [6.07, 6.45) is 1.71. The van der Waals surface area contributed by atoms with Crippen molar-refractivity contribution in [1.29, 1.82) is 0 Å². The van der Waals surface area contributed by atoms with Crippen molar-refractivity contribution in [2.24, 2.45) is 0 Å². The third-order valence-electron chi connectivity index (χ3n) is 5.22. The molecule has 0 spiro atoms. The van der Waals surface area contributed by atoms with Crippen LogP contribution in [0, 0.1) is 5.82 Å². The third-order valence-corrected chi connectivity index (χ3v) is 5.53. The van der Waals surface area contributed by atoms with Gasteiger partial charge in [0.1, 0.15) is 23.7 Å². The van der Waals surface area contributed by atoms with E-state index in [1.807, 2.05) is 24.0 Å². The molecule has 6 nitrogen and oxygen atoms in total. The Morgan fingerprint density at radius 1 is 1.16 bits per heavy atom. The van der Waals surface area contributed by atoms with Gasteiger partial charge in [-0.2, -0.15) is 0 Å². The maximum atomic E-state index is 13.1. The van der Waals surface area contributed by atoms with E-state index in [-0.39, 0.29) is 24.2 Å². The predicted molar refractivity (Wildman–Crippen MR) is 117 cm³/mol. The molecule has 1 aliphatic heterocycles. The molecule has 1 unspecified atom stereocenters. The molecule has 0 saturated carbocycles. The first-order valence-corrected chi connectivity index (χ1v) is 10.4. The number of ether oxygens (including phenoxy) is 1. The van der Waals surface area contributed by atoms with E-state index in [0.717, 1.165) is 11.4 Å². The summed E-state index contributed by atoms with van der Waals surface area (Å²) in [5.41, 5.74) is 0.804. The zero-order valence-corrected chi connectivity index (χ0v) is 17.8. The van der Waals surface area contributed by atoms with Gasteiger partial charge in [0.25, 0.3) is 0 Å². The van der Waals surface area contributed by atoms with Gasteiger partial charge in [-0.1, -0.05) is 35.9 Å². The zero-order valence-electron chi connectivity index (χ0n) is 17.0. The third kappa shape index (κ3) is 5.11. The Kier molecular flexibility index (Phi) is 6.32. The number of aromatic nitrogens is 2. The first kappa shape index (κ1) is 21.1. The molecule has 0 radical (unpaired) electrons. The smallest absolute Gasteiger partial charge is 0.227 e. The van der Waals surface area contributed by atoms with Crippen LogP contribution in [0.25, 0.3) is 0 Å². The van der Waals surface area contributed by atoms with Crippen molar-refractivity contribution >= 4 is 23.3 Å². The predicted octanol–water partition coefficient (Wildman–Crippen LogP) is 4.34. The Bertz CT molecular complexity index is 1060. The standard InChI is InChI=1S/C23H22ClFN4O2/c1-16-14-28(10-11-29(16)23(30)12-17-6-8-18(25)9-7-17)21-13-22(27-15-26-21)31-20-5-3-2-4-19(20)24/h2-9,13,15-16H,10-12,14H2,1H3. The van der Waals surface area contributed by atoms with E-state index in [9.17, 15) is 9.18 Å². The number of anilines is 1. The number of nitrogens with zero attached hydrogens (tertiary/aromatic N) is 4. The molecule has 8 heteroatoms. The summed E-state index contributed by atoms with van der Waals surface area (Å²) in [4.78, 5) is 25.3. The van der Waals surface area contributed by atoms with Gasteiger partial charge in [0.15, 0.2) is 0 Å². The Labute approximate surface area is 185 Å². The van der Waals surface area contributed by atoms with Crippen molar-refractivity contribution < 1.29 is 13.9 Å². The van der Waals surface area contributed by atoms with E-state index < -0.39 is 0 Å². The minimum absolute atomic E-state index is 0.00426. The molecule has 0 aliphatic carbocycles. The first-order valence-electron chi connectivity index (χ1n) is 10.0. The largest absolute Gasteiger partial charge is 0.437 e. The highest BCUT2D eigenvalue weighted by molar-refractivity contribution is 6.32. The van der Waals surface area contributed by atoms with Crippen LogP contribution in [0.5, 0.6) is 11.6 Å². The molecular weight excluding hydrogens is 419 g/mol. The lowest BCUT2D eigenvalue weighted by Crippen LogP contribution is -2.54. The normalized spacial score (nSPS) is 16.3. The molecule has 2 heterocycles. The van der Waals surface area contributed by atoms with Crippen LogP contribution in [-0.2, 0) is 11.2 Å². The second-order valence-corrected chi connectivity index (χ2v) is 7.84. The summed E-state index contributed by atoms with van der Waals surface area (Å²) in [6.45, 7) is 3.86. The fraction of sp³-hybridized carbons (Fsp3) is 0.261. The number of hydrogen-bond acceptors (Lipinski definition) is 5. The zero-order chi connectivity index (χ0) is 21.8. The second kappa shape index (κ2) is 9.31. The van der Waals surface area contributed by atoms with E-state index in [1.165, 1.54) is 18.5 Å². The van der Waals surface area contributed by atoms with Gasteiger partial charge >= 0.3 is 0 Å². The van der Waals surface area contributed by atoms with Gasteiger partial charge in [0, 0.05) is 31.7 Å². The average molecular weight is 441 g/mol. The lowest BCUT2D eigenvalue weighted by atomic mass is 10.1. The van der Waals surface area contributed by atoms with E-state index in [2.05, 4.69) is 14.9 Å². The fourth-order valence-corrected chi connectivity index (χ4v) is 3.79. The minimum Gasteiger partial charge on any atom is -0.437 e. The first-order chi connectivity index (χ1) is 15.0. The number of carbonyl (C=O) groups is 1. The topological polar surface area (TPSA) is 58.6 Å². The Hall–Kier alpha value is -3.19. The number of hydrogen-bond donors (Lipinski definition) is 0. The molecule has 2 aromatic carbocycles. The lowest BCUT2D eigenvalue weighted by molar-refractivity contribution is -0.132. The second-order valence-electron chi connectivity index (χ2n) is 7.43. The maximum Gasteiger partial charge on any atom is 0.227 e. The summed E-state index contributed by atoms with van der Waals surface area (Å²) >= 11 is 6.16. The molecule has 1 atom stereocenters. The number of rotatable bonds is 5. The van der Waals surface area contributed by atoms with Gasteiger partial charge in [-0.05, 0) is 36.8 Å². The number of carbonyl (C=O) groups excluding carboxylic acids is 1. The molecule has 1 aromatic heterocycles. The van der Waals surface area contributed by atoms with Crippen molar-refractivity contribution in [3.8, 4) is 11.6 Å². The SMILES string of the molecule is CC1CN(c2cc(Oc3ccccc3Cl)ncn2)CCN1C(=O)Cc1ccc(F)cc1. The Morgan fingerprint density at radius 2 is 1.94 bits per heavy atom. The molecule has 1 amide bonds. The van der Waals surface area contributed by atoms with E-state index in [1.54, 1.807) is 30.3 Å². The van der Waals surface area contributed by atoms with Gasteiger partial charge in [0.2, 0.25) is 11.8 Å². The molecule has 4 rings (SSSR count). The summed E-state index contributed by atoms with van der Waals surface area (Å²) in [7, 11) is 0. The van der Waals surface area contributed by atoms with Crippen molar-refractivity contribution in [3.63, 3.8) is 0 Å². The maximum absolute atomic E-state index is 13.1. The molecule has 3 aromatic rings. The van der Waals surface area contributed by atoms with Crippen LogP contribution in [0.4, 0.5) is 10.2 Å². The monoisotopic (exact) mass is 440 g/mol. The van der Waals surface area contributed by atoms with Crippen molar-refractivity contribution in [2.75, 3.05) is 24.5 Å². The van der Waals surface area contributed by atoms with Crippen LogP contribution < -0.4 is 9.64 Å². The fourth-order valence-electron chi connectivity index (χ4n) is 3.61. The molecule has 0 N–H and O–H groups in total. The van der Waals surface area contributed by atoms with Crippen molar-refractivity contribution in [3.05, 3.63) is 77.3 Å². The number of para-hydroxylation sites is 1. The van der Waals surface area contributed by atoms with Crippen LogP contribution in [0.1, 0.15) is 12.5 Å². The molecule has 1 fully saturated rings. The van der Waals surface area contributed by atoms with E-state index >= 15 is 0 Å². The highest BCUT2D eigenvalue weighted by Gasteiger charge is 2.28. The van der Waals surface area contributed by atoms with Gasteiger partial charge in [-0.3, -0.25) is 4.79 Å². The van der Waals surface area contributed by atoms with Gasteiger partial charge in [-0.25, -0.2) is 14.4 Å². The number of amides is 1. The average Bonchev–Trinajstić information content (AvgIpc) is 2.77. The highest BCUT2D eigenvalue weighted by atomic mass is 35.5. The molecule has 1 aliphatic rings. The van der Waals surface area contributed by atoms with Crippen LogP contribution in [-0.4, -0.2) is 46.5 Å². The number of piperazine rings is 1. The summed E-state index contributed by atoms with van der Waals surface area (Å²) < 4.78 is 18.9. The number of halogens is 2. The molecule has 31 heavy (non-hydrogen) atoms. The lowest BCUT2D eigenvalue weighted by Gasteiger charge is -2.40.